The summed E-state index contributed by atoms with van der Waals surface area (Å²) in [5.74, 6) is 0. The number of hydrogen-bond acceptors (Lipinski definition) is 2. The lowest BCUT2D eigenvalue weighted by molar-refractivity contribution is 0.675. The molecule has 1 N–H and O–H groups in total. The first-order valence-corrected chi connectivity index (χ1v) is 8.95. The number of benzene rings is 2. The summed E-state index contributed by atoms with van der Waals surface area (Å²) in [6.07, 6.45) is 1.17. The van der Waals surface area contributed by atoms with Gasteiger partial charge in [0.25, 0.3) is 0 Å². The van der Waals surface area contributed by atoms with Crippen molar-refractivity contribution in [3.05, 3.63) is 57.6 Å². The van der Waals surface area contributed by atoms with E-state index < -0.39 is 0 Å². The fraction of sp³-hybridized carbons (Fsp3) is 0.333. The van der Waals surface area contributed by atoms with Crippen molar-refractivity contribution in [2.24, 2.45) is 0 Å². The summed E-state index contributed by atoms with van der Waals surface area (Å²) < 4.78 is 1.17. The summed E-state index contributed by atoms with van der Waals surface area (Å²) in [6.45, 7) is 8.50. The lowest BCUT2D eigenvalue weighted by Gasteiger charge is -2.09. The lowest BCUT2D eigenvalue weighted by atomic mass is 10.1. The SMILES string of the molecule is CCCNCc1ccc(Sc2ccc(C)c(C)c2)c(Br)c1. The third-order valence-electron chi connectivity index (χ3n) is 3.46. The molecule has 21 heavy (non-hydrogen) atoms. The maximum absolute atomic E-state index is 3.70. The predicted octanol–water partition coefficient (Wildman–Crippen LogP) is 5.72. The van der Waals surface area contributed by atoms with Gasteiger partial charge >= 0.3 is 0 Å². The van der Waals surface area contributed by atoms with Gasteiger partial charge in [-0.15, -0.1) is 0 Å². The van der Waals surface area contributed by atoms with Gasteiger partial charge in [0, 0.05) is 20.8 Å². The number of aryl methyl sites for hydroxylation is 2. The fourth-order valence-electron chi connectivity index (χ4n) is 2.05. The van der Waals surface area contributed by atoms with Crippen LogP contribution in [-0.4, -0.2) is 6.54 Å². The van der Waals surface area contributed by atoms with Gasteiger partial charge < -0.3 is 5.32 Å². The standard InChI is InChI=1S/C18H22BrNS/c1-4-9-20-12-15-6-8-18(17(19)11-15)21-16-7-5-13(2)14(3)10-16/h5-8,10-11,20H,4,9,12H2,1-3H3. The summed E-state index contributed by atoms with van der Waals surface area (Å²) in [4.78, 5) is 2.55. The van der Waals surface area contributed by atoms with Gasteiger partial charge in [0.1, 0.15) is 0 Å². The molecule has 2 rings (SSSR count). The highest BCUT2D eigenvalue weighted by molar-refractivity contribution is 9.10. The predicted molar refractivity (Wildman–Crippen MR) is 96.2 cm³/mol. The van der Waals surface area contributed by atoms with Gasteiger partial charge in [0.2, 0.25) is 0 Å². The van der Waals surface area contributed by atoms with Crippen LogP contribution in [0, 0.1) is 13.8 Å². The van der Waals surface area contributed by atoms with Gasteiger partial charge in [-0.3, -0.25) is 0 Å². The molecule has 0 saturated carbocycles. The second-order valence-electron chi connectivity index (χ2n) is 5.29. The molecule has 1 nitrogen and oxygen atoms in total. The van der Waals surface area contributed by atoms with Crippen LogP contribution in [0.25, 0.3) is 0 Å². The molecular formula is C18H22BrNS. The normalized spacial score (nSPS) is 10.9. The van der Waals surface area contributed by atoms with Crippen LogP contribution >= 0.6 is 27.7 Å². The van der Waals surface area contributed by atoms with Gasteiger partial charge in [-0.05, 0) is 83.7 Å². The second kappa shape index (κ2) is 8.02. The molecule has 0 aliphatic rings. The summed E-state index contributed by atoms with van der Waals surface area (Å²) >= 11 is 5.50. The zero-order valence-corrected chi connectivity index (χ0v) is 15.3. The Morgan fingerprint density at radius 1 is 1.05 bits per heavy atom. The highest BCUT2D eigenvalue weighted by atomic mass is 79.9. The minimum Gasteiger partial charge on any atom is -0.313 e. The highest BCUT2D eigenvalue weighted by Crippen LogP contribution is 2.34. The minimum atomic E-state index is 0.932. The van der Waals surface area contributed by atoms with Crippen molar-refractivity contribution in [2.75, 3.05) is 6.54 Å². The molecule has 0 atom stereocenters. The van der Waals surface area contributed by atoms with E-state index in [0.29, 0.717) is 0 Å². The number of hydrogen-bond donors (Lipinski definition) is 1. The Hall–Kier alpha value is -0.770. The maximum Gasteiger partial charge on any atom is 0.0318 e. The highest BCUT2D eigenvalue weighted by Gasteiger charge is 2.05. The van der Waals surface area contributed by atoms with Crippen molar-refractivity contribution in [3.8, 4) is 0 Å². The largest absolute Gasteiger partial charge is 0.313 e. The Bertz CT molecular complexity index is 610. The second-order valence-corrected chi connectivity index (χ2v) is 7.26. The van der Waals surface area contributed by atoms with E-state index in [1.165, 1.54) is 37.4 Å². The topological polar surface area (TPSA) is 12.0 Å². The molecule has 0 amide bonds. The van der Waals surface area contributed by atoms with E-state index >= 15 is 0 Å². The molecule has 0 fully saturated rings. The third kappa shape index (κ3) is 4.87. The zero-order valence-electron chi connectivity index (χ0n) is 12.9. The zero-order chi connectivity index (χ0) is 15.2. The Balaban J connectivity index is 2.08. The van der Waals surface area contributed by atoms with Crippen molar-refractivity contribution in [1.82, 2.24) is 5.32 Å². The molecule has 0 aromatic heterocycles. The van der Waals surface area contributed by atoms with E-state index in [9.17, 15) is 0 Å². The summed E-state index contributed by atoms with van der Waals surface area (Å²) in [5, 5.41) is 3.43. The van der Waals surface area contributed by atoms with Gasteiger partial charge in [-0.2, -0.15) is 0 Å². The first-order chi connectivity index (χ1) is 10.1. The molecule has 0 aliphatic heterocycles. The average Bonchev–Trinajstić information content (AvgIpc) is 2.46. The first-order valence-electron chi connectivity index (χ1n) is 7.34. The summed E-state index contributed by atoms with van der Waals surface area (Å²) in [6, 6.07) is 13.3. The maximum atomic E-state index is 3.70. The number of halogens is 1. The summed E-state index contributed by atoms with van der Waals surface area (Å²) in [5.41, 5.74) is 4.01. The molecule has 0 saturated heterocycles. The van der Waals surface area contributed by atoms with Crippen molar-refractivity contribution in [1.29, 1.82) is 0 Å². The van der Waals surface area contributed by atoms with Gasteiger partial charge in [0.05, 0.1) is 0 Å². The molecule has 112 valence electrons. The fourth-order valence-corrected chi connectivity index (χ4v) is 3.64. The average molecular weight is 364 g/mol. The van der Waals surface area contributed by atoms with Crippen LogP contribution in [0.1, 0.15) is 30.0 Å². The van der Waals surface area contributed by atoms with E-state index in [4.69, 9.17) is 0 Å². The van der Waals surface area contributed by atoms with Crippen molar-refractivity contribution in [2.45, 2.75) is 43.5 Å². The van der Waals surface area contributed by atoms with Crippen molar-refractivity contribution < 1.29 is 0 Å². The number of nitrogens with one attached hydrogen (secondary N) is 1. The molecule has 2 aromatic carbocycles. The molecule has 0 bridgehead atoms. The quantitative estimate of drug-likeness (QED) is 0.658. The smallest absolute Gasteiger partial charge is 0.0318 e. The van der Waals surface area contributed by atoms with E-state index in [-0.39, 0.29) is 0 Å². The third-order valence-corrected chi connectivity index (χ3v) is 5.44. The molecule has 0 radical (unpaired) electrons. The minimum absolute atomic E-state index is 0.932. The Morgan fingerprint density at radius 2 is 1.86 bits per heavy atom. The Kier molecular flexibility index (Phi) is 6.34. The molecule has 0 heterocycles. The van der Waals surface area contributed by atoms with Gasteiger partial charge in [-0.25, -0.2) is 0 Å². The number of rotatable bonds is 6. The summed E-state index contributed by atoms with van der Waals surface area (Å²) in [7, 11) is 0. The van der Waals surface area contributed by atoms with Crippen LogP contribution < -0.4 is 5.32 Å². The molecule has 2 aromatic rings. The van der Waals surface area contributed by atoms with Crippen LogP contribution in [0.2, 0.25) is 0 Å². The van der Waals surface area contributed by atoms with Gasteiger partial charge in [-0.1, -0.05) is 30.8 Å². The van der Waals surface area contributed by atoms with Crippen LogP contribution in [0.4, 0.5) is 0 Å². The van der Waals surface area contributed by atoms with E-state index in [2.05, 4.69) is 78.4 Å². The lowest BCUT2D eigenvalue weighted by Crippen LogP contribution is -2.13. The van der Waals surface area contributed by atoms with E-state index in [0.717, 1.165) is 13.1 Å². The van der Waals surface area contributed by atoms with Crippen molar-refractivity contribution in [3.63, 3.8) is 0 Å². The van der Waals surface area contributed by atoms with Crippen molar-refractivity contribution >= 4 is 27.7 Å². The van der Waals surface area contributed by atoms with Crippen LogP contribution in [0.5, 0.6) is 0 Å². The van der Waals surface area contributed by atoms with Crippen LogP contribution in [-0.2, 0) is 6.54 Å². The van der Waals surface area contributed by atoms with E-state index in [1.807, 2.05) is 0 Å². The van der Waals surface area contributed by atoms with Gasteiger partial charge in [0.15, 0.2) is 0 Å². The molecule has 0 unspecified atom stereocenters. The molecular weight excluding hydrogens is 342 g/mol. The Labute approximate surface area is 140 Å². The van der Waals surface area contributed by atoms with Crippen LogP contribution in [0.3, 0.4) is 0 Å². The van der Waals surface area contributed by atoms with Crippen LogP contribution in [0.15, 0.2) is 50.7 Å². The monoisotopic (exact) mass is 363 g/mol. The molecule has 0 spiro atoms. The Morgan fingerprint density at radius 3 is 2.52 bits per heavy atom. The molecule has 3 heteroatoms. The first kappa shape index (κ1) is 16.6. The molecule has 0 aliphatic carbocycles. The van der Waals surface area contributed by atoms with E-state index in [1.54, 1.807) is 11.8 Å².